The van der Waals surface area contributed by atoms with Crippen molar-refractivity contribution in [2.24, 2.45) is 0 Å². The molecule has 0 unspecified atom stereocenters. The number of carbonyl (C=O) groups is 1. The fraction of sp³-hybridized carbons (Fsp3) is 0. The Labute approximate surface area is 124 Å². The molecule has 0 fully saturated rings. The Kier molecular flexibility index (Phi) is 2.62. The third kappa shape index (κ3) is 1.81. The second-order valence-corrected chi connectivity index (χ2v) is 4.82. The Morgan fingerprint density at radius 2 is 1.73 bits per heavy atom. The summed E-state index contributed by atoms with van der Waals surface area (Å²) in [5.74, 6) is -1.01. The summed E-state index contributed by atoms with van der Waals surface area (Å²) < 4.78 is 0. The van der Waals surface area contributed by atoms with Crippen LogP contribution >= 0.6 is 0 Å². The van der Waals surface area contributed by atoms with E-state index in [1.807, 2.05) is 30.3 Å². The largest absolute Gasteiger partial charge is 0.478 e. The summed E-state index contributed by atoms with van der Waals surface area (Å²) in [5, 5.41) is 18.8. The molecule has 0 radical (unpaired) electrons. The molecule has 0 atom stereocenters. The van der Waals surface area contributed by atoms with Crippen molar-refractivity contribution < 1.29 is 9.90 Å². The molecule has 0 saturated carbocycles. The SMILES string of the molecule is O=C(O)c1ccnc2ccc3nn(-c4ccccc4)nc3c12. The van der Waals surface area contributed by atoms with Crippen molar-refractivity contribution in [1.29, 1.82) is 0 Å². The van der Waals surface area contributed by atoms with Crippen LogP contribution in [0.2, 0.25) is 0 Å². The minimum atomic E-state index is -1.01. The van der Waals surface area contributed by atoms with Crippen molar-refractivity contribution in [2.45, 2.75) is 0 Å². The van der Waals surface area contributed by atoms with Crippen LogP contribution in [0.4, 0.5) is 0 Å². The van der Waals surface area contributed by atoms with Crippen molar-refractivity contribution in [3.63, 3.8) is 0 Å². The number of rotatable bonds is 2. The van der Waals surface area contributed by atoms with Gasteiger partial charge in [0.1, 0.15) is 11.0 Å². The summed E-state index contributed by atoms with van der Waals surface area (Å²) >= 11 is 0. The lowest BCUT2D eigenvalue weighted by atomic mass is 10.1. The molecule has 1 N–H and O–H groups in total. The van der Waals surface area contributed by atoms with Gasteiger partial charge in [-0.3, -0.25) is 4.98 Å². The molecule has 4 rings (SSSR count). The Balaban J connectivity index is 2.08. The highest BCUT2D eigenvalue weighted by atomic mass is 16.4. The molecule has 0 aliphatic carbocycles. The minimum Gasteiger partial charge on any atom is -0.478 e. The predicted octanol–water partition coefficient (Wildman–Crippen LogP) is 2.67. The van der Waals surface area contributed by atoms with E-state index in [1.165, 1.54) is 17.1 Å². The second kappa shape index (κ2) is 4.63. The van der Waals surface area contributed by atoms with Crippen LogP contribution in [0, 0.1) is 0 Å². The second-order valence-electron chi connectivity index (χ2n) is 4.82. The number of pyridine rings is 1. The first-order valence-electron chi connectivity index (χ1n) is 6.67. The lowest BCUT2D eigenvalue weighted by Crippen LogP contribution is -1.99. The van der Waals surface area contributed by atoms with Crippen LogP contribution in [0.15, 0.2) is 54.7 Å². The zero-order chi connectivity index (χ0) is 15.1. The fourth-order valence-electron chi connectivity index (χ4n) is 2.47. The molecule has 6 nitrogen and oxygen atoms in total. The van der Waals surface area contributed by atoms with Crippen molar-refractivity contribution in [3.05, 3.63) is 60.3 Å². The third-order valence-corrected chi connectivity index (χ3v) is 3.47. The van der Waals surface area contributed by atoms with Crippen molar-refractivity contribution in [2.75, 3.05) is 0 Å². The molecular formula is C16H10N4O2. The smallest absolute Gasteiger partial charge is 0.336 e. The van der Waals surface area contributed by atoms with E-state index in [-0.39, 0.29) is 5.56 Å². The summed E-state index contributed by atoms with van der Waals surface area (Å²) in [6.45, 7) is 0. The van der Waals surface area contributed by atoms with E-state index in [9.17, 15) is 9.90 Å². The molecule has 2 aromatic heterocycles. The molecule has 0 aliphatic rings. The normalized spacial score (nSPS) is 11.1. The standard InChI is InChI=1S/C16H10N4O2/c21-16(22)11-8-9-17-12-6-7-13-15(14(11)12)19-20(18-13)10-4-2-1-3-5-10/h1-9H,(H,21,22). The predicted molar refractivity (Wildman–Crippen MR) is 81.1 cm³/mol. The summed E-state index contributed by atoms with van der Waals surface area (Å²) in [5.41, 5.74) is 2.74. The quantitative estimate of drug-likeness (QED) is 0.614. The monoisotopic (exact) mass is 290 g/mol. The van der Waals surface area contributed by atoms with Gasteiger partial charge >= 0.3 is 5.97 Å². The van der Waals surface area contributed by atoms with Crippen LogP contribution < -0.4 is 0 Å². The van der Waals surface area contributed by atoms with Crippen molar-refractivity contribution in [1.82, 2.24) is 20.0 Å². The van der Waals surface area contributed by atoms with E-state index >= 15 is 0 Å². The van der Waals surface area contributed by atoms with Crippen LogP contribution in [0.5, 0.6) is 0 Å². The highest BCUT2D eigenvalue weighted by Crippen LogP contribution is 2.25. The molecule has 2 aromatic carbocycles. The van der Waals surface area contributed by atoms with Gasteiger partial charge in [0.2, 0.25) is 0 Å². The van der Waals surface area contributed by atoms with Crippen LogP contribution in [-0.2, 0) is 0 Å². The number of carboxylic acids is 1. The van der Waals surface area contributed by atoms with E-state index in [0.717, 1.165) is 5.69 Å². The molecule has 2 heterocycles. The van der Waals surface area contributed by atoms with Gasteiger partial charge in [0.25, 0.3) is 0 Å². The summed E-state index contributed by atoms with van der Waals surface area (Å²) in [6.07, 6.45) is 1.49. The number of aromatic nitrogens is 4. The first kappa shape index (κ1) is 12.5. The summed E-state index contributed by atoms with van der Waals surface area (Å²) in [4.78, 5) is 17.2. The van der Waals surface area contributed by atoms with Crippen LogP contribution in [0.1, 0.15) is 10.4 Å². The molecule has 0 saturated heterocycles. The van der Waals surface area contributed by atoms with Gasteiger partial charge in [-0.2, -0.15) is 4.80 Å². The van der Waals surface area contributed by atoms with Gasteiger partial charge < -0.3 is 5.11 Å². The Morgan fingerprint density at radius 1 is 0.955 bits per heavy atom. The first-order chi connectivity index (χ1) is 10.7. The van der Waals surface area contributed by atoms with E-state index in [4.69, 9.17) is 0 Å². The van der Waals surface area contributed by atoms with E-state index in [1.54, 1.807) is 12.1 Å². The number of aromatic carboxylic acids is 1. The zero-order valence-corrected chi connectivity index (χ0v) is 11.3. The van der Waals surface area contributed by atoms with Crippen LogP contribution in [0.3, 0.4) is 0 Å². The minimum absolute atomic E-state index is 0.177. The average Bonchev–Trinajstić information content (AvgIpc) is 2.99. The molecular weight excluding hydrogens is 280 g/mol. The highest BCUT2D eigenvalue weighted by Gasteiger charge is 2.15. The molecule has 106 valence electrons. The fourth-order valence-corrected chi connectivity index (χ4v) is 2.47. The molecule has 0 spiro atoms. The van der Waals surface area contributed by atoms with Gasteiger partial charge in [0.15, 0.2) is 0 Å². The van der Waals surface area contributed by atoms with Gasteiger partial charge in [0, 0.05) is 11.6 Å². The van der Waals surface area contributed by atoms with Crippen LogP contribution in [-0.4, -0.2) is 31.1 Å². The molecule has 0 aliphatic heterocycles. The Bertz CT molecular complexity index is 1010. The maximum Gasteiger partial charge on any atom is 0.336 e. The van der Waals surface area contributed by atoms with E-state index < -0.39 is 5.97 Å². The van der Waals surface area contributed by atoms with Gasteiger partial charge in [-0.05, 0) is 30.3 Å². The zero-order valence-electron chi connectivity index (χ0n) is 11.3. The molecule has 0 amide bonds. The van der Waals surface area contributed by atoms with Crippen molar-refractivity contribution >= 4 is 27.9 Å². The lowest BCUT2D eigenvalue weighted by molar-refractivity contribution is 0.0699. The Morgan fingerprint density at radius 3 is 2.50 bits per heavy atom. The molecule has 4 aromatic rings. The van der Waals surface area contributed by atoms with E-state index in [0.29, 0.717) is 21.9 Å². The maximum atomic E-state index is 11.5. The van der Waals surface area contributed by atoms with Crippen LogP contribution in [0.25, 0.3) is 27.6 Å². The molecule has 6 heteroatoms. The van der Waals surface area contributed by atoms with Gasteiger partial charge in [-0.25, -0.2) is 4.79 Å². The van der Waals surface area contributed by atoms with E-state index in [2.05, 4.69) is 15.2 Å². The van der Waals surface area contributed by atoms with Gasteiger partial charge in [-0.1, -0.05) is 18.2 Å². The summed E-state index contributed by atoms with van der Waals surface area (Å²) in [7, 11) is 0. The Hall–Kier alpha value is -3.28. The number of nitrogens with zero attached hydrogens (tertiary/aromatic N) is 4. The summed E-state index contributed by atoms with van der Waals surface area (Å²) in [6, 6.07) is 14.5. The topological polar surface area (TPSA) is 80.9 Å². The number of hydrogen-bond donors (Lipinski definition) is 1. The first-order valence-corrected chi connectivity index (χ1v) is 6.67. The number of fused-ring (bicyclic) bond motifs is 3. The van der Waals surface area contributed by atoms with Gasteiger partial charge in [0.05, 0.1) is 16.8 Å². The average molecular weight is 290 g/mol. The number of benzene rings is 2. The highest BCUT2D eigenvalue weighted by molar-refractivity contribution is 6.12. The number of hydrogen-bond acceptors (Lipinski definition) is 4. The number of para-hydroxylation sites is 1. The maximum absolute atomic E-state index is 11.5. The number of carboxylic acid groups (broad SMARTS) is 1. The third-order valence-electron chi connectivity index (χ3n) is 3.47. The van der Waals surface area contributed by atoms with Gasteiger partial charge in [-0.15, -0.1) is 10.2 Å². The lowest BCUT2D eigenvalue weighted by Gasteiger charge is -2.01. The molecule has 0 bridgehead atoms. The molecule has 22 heavy (non-hydrogen) atoms. The van der Waals surface area contributed by atoms with Crippen molar-refractivity contribution in [3.8, 4) is 5.69 Å².